The van der Waals surface area contributed by atoms with Crippen molar-refractivity contribution in [2.75, 3.05) is 6.54 Å². The Bertz CT molecular complexity index is 357. The van der Waals surface area contributed by atoms with Gasteiger partial charge in [-0.25, -0.2) is 4.98 Å². The molecule has 1 unspecified atom stereocenters. The Hall–Kier alpha value is -1.32. The quantitative estimate of drug-likeness (QED) is 0.825. The maximum Gasteiger partial charge on any atom is 0.222 e. The predicted molar refractivity (Wildman–Crippen MR) is 64.2 cm³/mol. The van der Waals surface area contributed by atoms with E-state index in [0.717, 1.165) is 18.7 Å². The van der Waals surface area contributed by atoms with Crippen LogP contribution >= 0.6 is 0 Å². The Balaban J connectivity index is 2.45. The number of nitrogens with one attached hydrogen (secondary N) is 1. The summed E-state index contributed by atoms with van der Waals surface area (Å²) in [5.74, 6) is 0.194. The second-order valence-corrected chi connectivity index (χ2v) is 4.19. The van der Waals surface area contributed by atoms with E-state index < -0.39 is 0 Å². The largest absolute Gasteiger partial charge is 0.356 e. The van der Waals surface area contributed by atoms with Gasteiger partial charge in [0, 0.05) is 24.7 Å². The number of imidazole rings is 1. The molecule has 1 N–H and O–H groups in total. The molecule has 0 radical (unpaired) electrons. The molecule has 1 atom stereocenters. The van der Waals surface area contributed by atoms with Gasteiger partial charge >= 0.3 is 0 Å². The number of hydrogen-bond acceptors (Lipinski definition) is 2. The van der Waals surface area contributed by atoms with Crippen molar-refractivity contribution in [1.82, 2.24) is 14.9 Å². The van der Waals surface area contributed by atoms with Crippen LogP contribution in [0, 0.1) is 19.8 Å². The van der Waals surface area contributed by atoms with Gasteiger partial charge in [-0.1, -0.05) is 6.92 Å². The highest BCUT2D eigenvalue weighted by Gasteiger charge is 2.12. The van der Waals surface area contributed by atoms with Gasteiger partial charge in [0.05, 0.1) is 12.0 Å². The summed E-state index contributed by atoms with van der Waals surface area (Å²) in [5.41, 5.74) is 2.24. The summed E-state index contributed by atoms with van der Waals surface area (Å²) in [6.07, 6.45) is 2.69. The number of amides is 1. The third kappa shape index (κ3) is 3.08. The van der Waals surface area contributed by atoms with Crippen molar-refractivity contribution in [3.05, 3.63) is 17.7 Å². The number of aryl methyl sites for hydroxylation is 2. The Morgan fingerprint density at radius 2 is 2.25 bits per heavy atom. The number of nitrogens with zero attached hydrogens (tertiary/aromatic N) is 2. The van der Waals surface area contributed by atoms with Crippen molar-refractivity contribution >= 4 is 5.91 Å². The van der Waals surface area contributed by atoms with Gasteiger partial charge in [-0.15, -0.1) is 0 Å². The fraction of sp³-hybridized carbons (Fsp3) is 0.667. The summed E-state index contributed by atoms with van der Waals surface area (Å²) < 4.78 is 2.10. The molecule has 0 fully saturated rings. The molecule has 0 aliphatic rings. The van der Waals surface area contributed by atoms with Crippen LogP contribution in [0.4, 0.5) is 0 Å². The lowest BCUT2D eigenvalue weighted by Crippen LogP contribution is -2.29. The fourth-order valence-corrected chi connectivity index (χ4v) is 1.58. The number of hydrogen-bond donors (Lipinski definition) is 1. The summed E-state index contributed by atoms with van der Waals surface area (Å²) in [7, 11) is 0. The molecule has 0 spiro atoms. The molecular weight excluding hydrogens is 202 g/mol. The van der Waals surface area contributed by atoms with E-state index in [-0.39, 0.29) is 11.8 Å². The van der Waals surface area contributed by atoms with E-state index in [2.05, 4.69) is 21.8 Å². The molecule has 0 aliphatic heterocycles. The first kappa shape index (κ1) is 12.7. The van der Waals surface area contributed by atoms with Crippen LogP contribution in [-0.4, -0.2) is 22.0 Å². The molecule has 1 aromatic rings. The number of aromatic nitrogens is 2. The second-order valence-electron chi connectivity index (χ2n) is 4.19. The minimum absolute atomic E-state index is 0.0575. The first-order chi connectivity index (χ1) is 7.56. The molecule has 0 saturated heterocycles. The summed E-state index contributed by atoms with van der Waals surface area (Å²) in [5, 5.41) is 2.84. The zero-order chi connectivity index (χ0) is 12.1. The second kappa shape index (κ2) is 5.68. The molecule has 0 bridgehead atoms. The van der Waals surface area contributed by atoms with Crippen molar-refractivity contribution < 1.29 is 4.79 Å². The number of carbonyl (C=O) groups excluding carboxylic acids is 1. The van der Waals surface area contributed by atoms with E-state index in [1.165, 1.54) is 5.69 Å². The number of rotatable bonds is 5. The molecule has 16 heavy (non-hydrogen) atoms. The van der Waals surface area contributed by atoms with Crippen molar-refractivity contribution in [2.24, 2.45) is 5.92 Å². The highest BCUT2D eigenvalue weighted by atomic mass is 16.1. The zero-order valence-corrected chi connectivity index (χ0v) is 10.6. The smallest absolute Gasteiger partial charge is 0.222 e. The summed E-state index contributed by atoms with van der Waals surface area (Å²) in [6, 6.07) is 0. The van der Waals surface area contributed by atoms with Crippen molar-refractivity contribution in [3.63, 3.8) is 0 Å². The lowest BCUT2D eigenvalue weighted by molar-refractivity contribution is -0.124. The van der Waals surface area contributed by atoms with Gasteiger partial charge in [0.15, 0.2) is 0 Å². The van der Waals surface area contributed by atoms with Crippen LogP contribution in [0.1, 0.15) is 31.7 Å². The Kier molecular flexibility index (Phi) is 4.52. The lowest BCUT2D eigenvalue weighted by Gasteiger charge is -2.12. The maximum atomic E-state index is 11.5. The Morgan fingerprint density at radius 1 is 1.56 bits per heavy atom. The lowest BCUT2D eigenvalue weighted by atomic mass is 10.1. The topological polar surface area (TPSA) is 46.9 Å². The highest BCUT2D eigenvalue weighted by molar-refractivity contribution is 5.78. The van der Waals surface area contributed by atoms with Crippen molar-refractivity contribution in [3.8, 4) is 0 Å². The van der Waals surface area contributed by atoms with Crippen LogP contribution in [0.15, 0.2) is 6.33 Å². The number of carbonyl (C=O) groups is 1. The van der Waals surface area contributed by atoms with E-state index in [0.29, 0.717) is 6.54 Å². The van der Waals surface area contributed by atoms with Crippen LogP contribution in [0.3, 0.4) is 0 Å². The molecule has 1 rings (SSSR count). The van der Waals surface area contributed by atoms with Crippen LogP contribution in [0.2, 0.25) is 0 Å². The fourth-order valence-electron chi connectivity index (χ4n) is 1.58. The van der Waals surface area contributed by atoms with Crippen molar-refractivity contribution in [1.29, 1.82) is 0 Å². The molecular formula is C12H21N3O. The van der Waals surface area contributed by atoms with Gasteiger partial charge in [-0.2, -0.15) is 0 Å². The van der Waals surface area contributed by atoms with E-state index >= 15 is 0 Å². The van der Waals surface area contributed by atoms with E-state index in [1.54, 1.807) is 0 Å². The molecule has 1 aromatic heterocycles. The maximum absolute atomic E-state index is 11.5. The van der Waals surface area contributed by atoms with E-state index in [4.69, 9.17) is 0 Å². The van der Waals surface area contributed by atoms with Gasteiger partial charge in [0.2, 0.25) is 5.91 Å². The zero-order valence-electron chi connectivity index (χ0n) is 10.6. The predicted octanol–water partition coefficient (Wildman–Crippen LogP) is 1.66. The van der Waals surface area contributed by atoms with Crippen LogP contribution in [0.25, 0.3) is 0 Å². The SMILES string of the molecule is CCNC(=O)C(C)CCn1cnc(C)c1C. The van der Waals surface area contributed by atoms with Crippen LogP contribution in [0.5, 0.6) is 0 Å². The highest BCUT2D eigenvalue weighted by Crippen LogP contribution is 2.09. The van der Waals surface area contributed by atoms with Crippen molar-refractivity contribution in [2.45, 2.75) is 40.7 Å². The summed E-state index contributed by atoms with van der Waals surface area (Å²) >= 11 is 0. The third-order valence-corrected chi connectivity index (χ3v) is 2.95. The average molecular weight is 223 g/mol. The third-order valence-electron chi connectivity index (χ3n) is 2.95. The van der Waals surface area contributed by atoms with E-state index in [1.807, 2.05) is 27.1 Å². The first-order valence-corrected chi connectivity index (χ1v) is 5.82. The molecule has 4 nitrogen and oxygen atoms in total. The average Bonchev–Trinajstić information content (AvgIpc) is 2.57. The molecule has 0 aromatic carbocycles. The first-order valence-electron chi connectivity index (χ1n) is 5.82. The minimum atomic E-state index is 0.0575. The molecule has 90 valence electrons. The Morgan fingerprint density at radius 3 is 2.75 bits per heavy atom. The minimum Gasteiger partial charge on any atom is -0.356 e. The normalized spacial score (nSPS) is 12.5. The van der Waals surface area contributed by atoms with Crippen LogP contribution < -0.4 is 5.32 Å². The Labute approximate surface area is 97.1 Å². The van der Waals surface area contributed by atoms with Gasteiger partial charge in [0.25, 0.3) is 0 Å². The van der Waals surface area contributed by atoms with Crippen LogP contribution in [-0.2, 0) is 11.3 Å². The van der Waals surface area contributed by atoms with Gasteiger partial charge in [0.1, 0.15) is 0 Å². The molecule has 0 aliphatic carbocycles. The van der Waals surface area contributed by atoms with Gasteiger partial charge in [-0.05, 0) is 27.2 Å². The molecule has 1 amide bonds. The molecule has 4 heteroatoms. The van der Waals surface area contributed by atoms with Gasteiger partial charge < -0.3 is 9.88 Å². The monoisotopic (exact) mass is 223 g/mol. The molecule has 0 saturated carbocycles. The summed E-state index contributed by atoms with van der Waals surface area (Å²) in [6.45, 7) is 9.51. The van der Waals surface area contributed by atoms with E-state index in [9.17, 15) is 4.79 Å². The summed E-state index contributed by atoms with van der Waals surface area (Å²) in [4.78, 5) is 15.8. The van der Waals surface area contributed by atoms with Gasteiger partial charge in [-0.3, -0.25) is 4.79 Å². The standard InChI is InChI=1S/C12H21N3O/c1-5-13-12(16)9(2)6-7-15-8-14-10(3)11(15)4/h8-9H,5-7H2,1-4H3,(H,13,16). The molecule has 1 heterocycles.